The van der Waals surface area contributed by atoms with E-state index in [-0.39, 0.29) is 5.41 Å². The van der Waals surface area contributed by atoms with E-state index in [0.29, 0.717) is 12.4 Å². The summed E-state index contributed by atoms with van der Waals surface area (Å²) in [5, 5.41) is 16.7. The molecule has 3 aromatic heterocycles. The largest absolute Gasteiger partial charge is 0.496 e. The maximum atomic E-state index is 6.14. The van der Waals surface area contributed by atoms with Gasteiger partial charge in [-0.2, -0.15) is 9.61 Å². The predicted octanol–water partition coefficient (Wildman–Crippen LogP) is 8.07. The van der Waals surface area contributed by atoms with Gasteiger partial charge in [0.1, 0.15) is 11.5 Å². The van der Waals surface area contributed by atoms with Gasteiger partial charge in [-0.1, -0.05) is 73.1 Å². The second kappa shape index (κ2) is 14.9. The standard InChI is InChI=1S/C34H49N5O2S/c1-8-11-13-14-15-16-22-41-25-17-19-29(40-7)27(23-25)32-35-36-33-28(31(34(4,5)6)37-39(32)33)24-26-18-20-30(42-26)38(10-3)21-12-9-2/h17-20,23-24H,8-16,21-22H2,1-7H3/b28-24-. The number of ether oxygens (including phenoxy) is 2. The van der Waals surface area contributed by atoms with E-state index in [2.05, 4.69) is 74.8 Å². The number of anilines is 1. The Morgan fingerprint density at radius 3 is 2.40 bits per heavy atom. The molecule has 228 valence electrons. The summed E-state index contributed by atoms with van der Waals surface area (Å²) in [6, 6.07) is 10.3. The lowest BCUT2D eigenvalue weighted by molar-refractivity contribution is 0.304. The van der Waals surface area contributed by atoms with Crippen molar-refractivity contribution in [2.24, 2.45) is 0 Å². The molecule has 0 radical (unpaired) electrons. The number of unbranched alkanes of at least 4 members (excludes halogenated alkanes) is 6. The Labute approximate surface area is 255 Å². The molecular formula is C34H49N5O2S. The van der Waals surface area contributed by atoms with Gasteiger partial charge < -0.3 is 14.4 Å². The molecule has 0 spiro atoms. The summed E-state index contributed by atoms with van der Waals surface area (Å²) >= 11 is 1.82. The Balaban J connectivity index is 1.67. The van der Waals surface area contributed by atoms with Crippen LogP contribution in [0, 0.1) is 0 Å². The molecule has 0 bridgehead atoms. The van der Waals surface area contributed by atoms with E-state index in [1.54, 1.807) is 7.11 Å². The first-order valence-electron chi connectivity index (χ1n) is 15.7. The minimum Gasteiger partial charge on any atom is -0.496 e. The van der Waals surface area contributed by atoms with Crippen molar-refractivity contribution in [3.05, 3.63) is 46.1 Å². The molecule has 0 amide bonds. The number of thiophene rings is 1. The SMILES string of the molecule is CCCCCCCCOc1ccc(OC)c(-c2nnc3/c(=C\c4ccc(N(CC)CCCC)s4)c(C(C)(C)C)nn23)c1. The first-order valence-corrected chi connectivity index (χ1v) is 16.6. The number of nitrogens with zero attached hydrogens (tertiary/aromatic N) is 5. The molecule has 7 nitrogen and oxygen atoms in total. The first-order chi connectivity index (χ1) is 20.3. The molecule has 1 aromatic carbocycles. The molecule has 0 atom stereocenters. The molecule has 8 heteroatoms. The van der Waals surface area contributed by atoms with Gasteiger partial charge in [0.2, 0.25) is 0 Å². The normalized spacial score (nSPS) is 12.4. The van der Waals surface area contributed by atoms with Crippen LogP contribution in [0.15, 0.2) is 30.3 Å². The fourth-order valence-electron chi connectivity index (χ4n) is 5.19. The van der Waals surface area contributed by atoms with Gasteiger partial charge in [-0.25, -0.2) is 0 Å². The summed E-state index contributed by atoms with van der Waals surface area (Å²) in [5.41, 5.74) is 2.40. The number of hydrogen-bond acceptors (Lipinski definition) is 7. The Bertz CT molecular complexity index is 1470. The lowest BCUT2D eigenvalue weighted by atomic mass is 9.91. The maximum absolute atomic E-state index is 6.14. The topological polar surface area (TPSA) is 64.8 Å². The van der Waals surface area contributed by atoms with Crippen molar-refractivity contribution >= 4 is 28.1 Å². The summed E-state index contributed by atoms with van der Waals surface area (Å²) in [6.45, 7) is 16.1. The third-order valence-electron chi connectivity index (χ3n) is 7.60. The van der Waals surface area contributed by atoms with Gasteiger partial charge in [-0.15, -0.1) is 21.5 Å². The van der Waals surface area contributed by atoms with Gasteiger partial charge in [0.05, 0.1) is 30.0 Å². The van der Waals surface area contributed by atoms with Gasteiger partial charge in [-0.05, 0) is 56.2 Å². The van der Waals surface area contributed by atoms with E-state index in [1.807, 2.05) is 34.1 Å². The Hall–Kier alpha value is -3.13. The van der Waals surface area contributed by atoms with Crippen molar-refractivity contribution in [2.75, 3.05) is 31.7 Å². The van der Waals surface area contributed by atoms with Crippen LogP contribution in [0.3, 0.4) is 0 Å². The molecule has 4 rings (SSSR count). The number of fused-ring (bicyclic) bond motifs is 1. The molecule has 0 aliphatic rings. The average molecular weight is 592 g/mol. The lowest BCUT2D eigenvalue weighted by Gasteiger charge is -2.20. The Kier molecular flexibility index (Phi) is 11.2. The van der Waals surface area contributed by atoms with E-state index in [0.717, 1.165) is 53.1 Å². The second-order valence-corrected chi connectivity index (χ2v) is 13.1. The predicted molar refractivity (Wildman–Crippen MR) is 176 cm³/mol. The molecule has 0 aliphatic carbocycles. The molecule has 0 unspecified atom stereocenters. The molecule has 4 aromatic rings. The Morgan fingerprint density at radius 2 is 1.69 bits per heavy atom. The molecule has 42 heavy (non-hydrogen) atoms. The smallest absolute Gasteiger partial charge is 0.189 e. The van der Waals surface area contributed by atoms with Crippen molar-refractivity contribution in [1.82, 2.24) is 19.8 Å². The number of aromatic nitrogens is 4. The zero-order chi connectivity index (χ0) is 30.1. The Morgan fingerprint density at radius 1 is 0.929 bits per heavy atom. The van der Waals surface area contributed by atoms with Crippen molar-refractivity contribution in [3.63, 3.8) is 0 Å². The van der Waals surface area contributed by atoms with Crippen molar-refractivity contribution in [3.8, 4) is 22.9 Å². The fraction of sp³-hybridized carbons (Fsp3) is 0.559. The summed E-state index contributed by atoms with van der Waals surface area (Å²) in [4.78, 5) is 3.64. The quantitative estimate of drug-likeness (QED) is 0.123. The van der Waals surface area contributed by atoms with Crippen LogP contribution in [0.25, 0.3) is 23.1 Å². The minimum absolute atomic E-state index is 0.174. The summed E-state index contributed by atoms with van der Waals surface area (Å²) < 4.78 is 13.8. The second-order valence-electron chi connectivity index (χ2n) is 12.0. The van der Waals surface area contributed by atoms with E-state index in [1.165, 1.54) is 54.8 Å². The molecular weight excluding hydrogens is 542 g/mol. The summed E-state index contributed by atoms with van der Waals surface area (Å²) in [7, 11) is 1.68. The minimum atomic E-state index is -0.174. The molecule has 0 N–H and O–H groups in total. The monoisotopic (exact) mass is 591 g/mol. The van der Waals surface area contributed by atoms with Crippen LogP contribution in [0.1, 0.15) is 103 Å². The van der Waals surface area contributed by atoms with E-state index >= 15 is 0 Å². The zero-order valence-electron chi connectivity index (χ0n) is 26.7. The van der Waals surface area contributed by atoms with Gasteiger partial charge in [0, 0.05) is 28.6 Å². The number of methoxy groups -OCH3 is 1. The maximum Gasteiger partial charge on any atom is 0.189 e. The highest BCUT2D eigenvalue weighted by molar-refractivity contribution is 7.16. The highest BCUT2D eigenvalue weighted by Gasteiger charge is 2.25. The molecule has 0 saturated heterocycles. The van der Waals surface area contributed by atoms with Crippen molar-refractivity contribution < 1.29 is 9.47 Å². The van der Waals surface area contributed by atoms with Crippen LogP contribution in [0.5, 0.6) is 11.5 Å². The third kappa shape index (κ3) is 7.63. The summed E-state index contributed by atoms with van der Waals surface area (Å²) in [6.07, 6.45) is 12.0. The van der Waals surface area contributed by atoms with Crippen LogP contribution >= 0.6 is 11.3 Å². The van der Waals surface area contributed by atoms with E-state index in [4.69, 9.17) is 14.6 Å². The highest BCUT2D eigenvalue weighted by atomic mass is 32.1. The van der Waals surface area contributed by atoms with Gasteiger partial charge in [-0.3, -0.25) is 0 Å². The third-order valence-corrected chi connectivity index (χ3v) is 8.69. The van der Waals surface area contributed by atoms with Gasteiger partial charge >= 0.3 is 0 Å². The number of hydrogen-bond donors (Lipinski definition) is 0. The van der Waals surface area contributed by atoms with Crippen LogP contribution in [-0.4, -0.2) is 46.6 Å². The van der Waals surface area contributed by atoms with Crippen LogP contribution in [0.2, 0.25) is 0 Å². The number of rotatable bonds is 16. The van der Waals surface area contributed by atoms with Crippen molar-refractivity contribution in [2.45, 2.75) is 98.3 Å². The van der Waals surface area contributed by atoms with Gasteiger partial charge in [0.15, 0.2) is 11.5 Å². The molecule has 0 fully saturated rings. The van der Waals surface area contributed by atoms with Crippen LogP contribution in [0.4, 0.5) is 5.00 Å². The molecule has 0 aliphatic heterocycles. The molecule has 3 heterocycles. The van der Waals surface area contributed by atoms with Gasteiger partial charge in [0.25, 0.3) is 0 Å². The van der Waals surface area contributed by atoms with E-state index in [9.17, 15) is 0 Å². The van der Waals surface area contributed by atoms with Crippen molar-refractivity contribution in [1.29, 1.82) is 0 Å². The van der Waals surface area contributed by atoms with Crippen LogP contribution < -0.4 is 19.6 Å². The zero-order valence-corrected chi connectivity index (χ0v) is 27.5. The summed E-state index contributed by atoms with van der Waals surface area (Å²) in [5.74, 6) is 2.18. The van der Waals surface area contributed by atoms with E-state index < -0.39 is 0 Å². The molecule has 0 saturated carbocycles. The average Bonchev–Trinajstić information content (AvgIpc) is 3.69. The highest BCUT2D eigenvalue weighted by Crippen LogP contribution is 2.33. The van der Waals surface area contributed by atoms with Crippen LogP contribution in [-0.2, 0) is 5.41 Å². The first kappa shape index (κ1) is 31.8. The fourth-order valence-corrected chi connectivity index (χ4v) is 6.23. The number of benzene rings is 1. The lowest BCUT2D eigenvalue weighted by Crippen LogP contribution is -2.22.